The second-order valence-corrected chi connectivity index (χ2v) is 8.66. The SMILES string of the molecule is CCn1c(=NC(=O)c2cc3c(ccc4ccccc43)oc2=O)sc2cc3c(cc21)OCCO3. The predicted molar refractivity (Wildman–Crippen MR) is 126 cm³/mol. The molecule has 0 fully saturated rings. The Labute approximate surface area is 191 Å². The molecule has 8 heteroatoms. The van der Waals surface area contributed by atoms with E-state index in [9.17, 15) is 9.59 Å². The van der Waals surface area contributed by atoms with E-state index in [-0.39, 0.29) is 5.56 Å². The zero-order valence-electron chi connectivity index (χ0n) is 17.7. The van der Waals surface area contributed by atoms with Crippen molar-refractivity contribution in [3.63, 3.8) is 0 Å². The minimum absolute atomic E-state index is 0.0927. The maximum absolute atomic E-state index is 13.1. The van der Waals surface area contributed by atoms with Crippen LogP contribution < -0.4 is 19.9 Å². The lowest BCUT2D eigenvalue weighted by Gasteiger charge is -2.18. The maximum atomic E-state index is 13.1. The number of carbonyl (C=O) groups excluding carboxylic acids is 1. The van der Waals surface area contributed by atoms with E-state index in [1.54, 1.807) is 12.1 Å². The first kappa shape index (κ1) is 19.8. The number of hydrogen-bond donors (Lipinski definition) is 0. The zero-order chi connectivity index (χ0) is 22.5. The Balaban J connectivity index is 1.52. The van der Waals surface area contributed by atoms with Crippen molar-refractivity contribution in [2.24, 2.45) is 4.99 Å². The number of carbonyl (C=O) groups is 1. The molecule has 0 N–H and O–H groups in total. The molecule has 0 radical (unpaired) electrons. The number of thiazole rings is 1. The fourth-order valence-electron chi connectivity index (χ4n) is 4.17. The van der Waals surface area contributed by atoms with Gasteiger partial charge < -0.3 is 18.5 Å². The minimum Gasteiger partial charge on any atom is -0.486 e. The van der Waals surface area contributed by atoms with Gasteiger partial charge in [-0.2, -0.15) is 4.99 Å². The van der Waals surface area contributed by atoms with Crippen LogP contribution in [0.4, 0.5) is 0 Å². The van der Waals surface area contributed by atoms with Crippen LogP contribution >= 0.6 is 11.3 Å². The molecule has 33 heavy (non-hydrogen) atoms. The Morgan fingerprint density at radius 1 is 1.03 bits per heavy atom. The average Bonchev–Trinajstić information content (AvgIpc) is 3.17. The summed E-state index contributed by atoms with van der Waals surface area (Å²) in [7, 11) is 0. The van der Waals surface area contributed by atoms with Gasteiger partial charge in [0, 0.05) is 24.1 Å². The number of ether oxygens (including phenoxy) is 2. The van der Waals surface area contributed by atoms with Gasteiger partial charge in [-0.15, -0.1) is 0 Å². The molecule has 1 amide bonds. The third-order valence-corrected chi connectivity index (χ3v) is 6.77. The number of aryl methyl sites for hydroxylation is 1. The highest BCUT2D eigenvalue weighted by Crippen LogP contribution is 2.35. The summed E-state index contributed by atoms with van der Waals surface area (Å²) < 4.78 is 19.7. The summed E-state index contributed by atoms with van der Waals surface area (Å²) in [6, 6.07) is 16.8. The Hall–Kier alpha value is -3.91. The van der Waals surface area contributed by atoms with E-state index in [1.165, 1.54) is 11.3 Å². The van der Waals surface area contributed by atoms with Crippen LogP contribution in [0.2, 0.25) is 0 Å². The van der Waals surface area contributed by atoms with Gasteiger partial charge >= 0.3 is 5.63 Å². The molecule has 3 heterocycles. The lowest BCUT2D eigenvalue weighted by molar-refractivity contribution is 0.0994. The standard InChI is InChI=1S/C25H18N2O5S/c1-2-27-18-12-20-21(31-10-9-30-20)13-22(18)33-25(27)26-23(28)17-11-16-15-6-4-3-5-14(15)7-8-19(16)32-24(17)29/h3-8,11-13H,2,9-10H2,1H3. The molecule has 1 aliphatic rings. The monoisotopic (exact) mass is 458 g/mol. The highest BCUT2D eigenvalue weighted by atomic mass is 32.1. The van der Waals surface area contributed by atoms with E-state index in [1.807, 2.05) is 54.0 Å². The summed E-state index contributed by atoms with van der Waals surface area (Å²) in [5.74, 6) is 0.719. The molecule has 0 spiro atoms. The number of nitrogens with zero attached hydrogens (tertiary/aromatic N) is 2. The molecule has 0 bridgehead atoms. The van der Waals surface area contributed by atoms with Crippen LogP contribution in [-0.2, 0) is 6.54 Å². The van der Waals surface area contributed by atoms with Crippen molar-refractivity contribution in [1.29, 1.82) is 0 Å². The molecule has 6 rings (SSSR count). The highest BCUT2D eigenvalue weighted by molar-refractivity contribution is 7.16. The number of amides is 1. The van der Waals surface area contributed by atoms with Crippen molar-refractivity contribution in [3.8, 4) is 11.5 Å². The minimum atomic E-state index is -0.701. The molecule has 5 aromatic rings. The van der Waals surface area contributed by atoms with Gasteiger partial charge in [0.15, 0.2) is 16.3 Å². The van der Waals surface area contributed by atoms with Crippen LogP contribution in [0.1, 0.15) is 17.3 Å². The molecular formula is C25H18N2O5S. The molecule has 0 atom stereocenters. The molecule has 2 aromatic heterocycles. The Morgan fingerprint density at radius 3 is 2.64 bits per heavy atom. The first-order valence-corrected chi connectivity index (χ1v) is 11.4. The largest absolute Gasteiger partial charge is 0.486 e. The van der Waals surface area contributed by atoms with Crippen LogP contribution in [0.25, 0.3) is 32.0 Å². The van der Waals surface area contributed by atoms with Gasteiger partial charge in [-0.3, -0.25) is 4.79 Å². The number of fused-ring (bicyclic) bond motifs is 5. The van der Waals surface area contributed by atoms with Gasteiger partial charge in [0.05, 0.1) is 10.2 Å². The van der Waals surface area contributed by atoms with Crippen molar-refractivity contribution in [2.45, 2.75) is 13.5 Å². The third kappa shape index (κ3) is 3.22. The number of benzene rings is 3. The van der Waals surface area contributed by atoms with E-state index in [0.29, 0.717) is 47.0 Å². The summed E-state index contributed by atoms with van der Waals surface area (Å²) in [5.41, 5.74) is 0.541. The molecule has 0 saturated heterocycles. The quantitative estimate of drug-likeness (QED) is 0.287. The van der Waals surface area contributed by atoms with Crippen molar-refractivity contribution in [2.75, 3.05) is 13.2 Å². The van der Waals surface area contributed by atoms with Crippen molar-refractivity contribution >= 4 is 49.2 Å². The average molecular weight is 458 g/mol. The lowest BCUT2D eigenvalue weighted by Crippen LogP contribution is -2.19. The smallest absolute Gasteiger partial charge is 0.349 e. The molecule has 164 valence electrons. The second-order valence-electron chi connectivity index (χ2n) is 7.66. The first-order valence-electron chi connectivity index (χ1n) is 10.6. The van der Waals surface area contributed by atoms with Gasteiger partial charge in [-0.1, -0.05) is 41.7 Å². The van der Waals surface area contributed by atoms with E-state index in [2.05, 4.69) is 4.99 Å². The van der Waals surface area contributed by atoms with Crippen LogP contribution in [-0.4, -0.2) is 23.7 Å². The summed E-state index contributed by atoms with van der Waals surface area (Å²) in [5, 5.41) is 2.60. The second kappa shape index (κ2) is 7.60. The number of rotatable bonds is 2. The number of aromatic nitrogens is 1. The molecular weight excluding hydrogens is 440 g/mol. The number of hydrogen-bond acceptors (Lipinski definition) is 6. The predicted octanol–water partition coefficient (Wildman–Crippen LogP) is 4.49. The fourth-order valence-corrected chi connectivity index (χ4v) is 5.27. The lowest BCUT2D eigenvalue weighted by atomic mass is 10.0. The Morgan fingerprint density at radius 2 is 1.82 bits per heavy atom. The molecule has 1 aliphatic heterocycles. The topological polar surface area (TPSA) is 83.0 Å². The van der Waals surface area contributed by atoms with Crippen LogP contribution in [0.5, 0.6) is 11.5 Å². The molecule has 7 nitrogen and oxygen atoms in total. The van der Waals surface area contributed by atoms with Gasteiger partial charge in [0.2, 0.25) is 0 Å². The summed E-state index contributed by atoms with van der Waals surface area (Å²) in [4.78, 5) is 30.6. The highest BCUT2D eigenvalue weighted by Gasteiger charge is 2.18. The zero-order valence-corrected chi connectivity index (χ0v) is 18.5. The van der Waals surface area contributed by atoms with Crippen molar-refractivity contribution in [3.05, 3.63) is 75.4 Å². The molecule has 3 aromatic carbocycles. The van der Waals surface area contributed by atoms with E-state index >= 15 is 0 Å². The Kier molecular flexibility index (Phi) is 4.55. The van der Waals surface area contributed by atoms with Crippen molar-refractivity contribution in [1.82, 2.24) is 4.57 Å². The summed E-state index contributed by atoms with van der Waals surface area (Å²) in [6.07, 6.45) is 0. The molecule has 0 aliphatic carbocycles. The van der Waals surface area contributed by atoms with Gasteiger partial charge in [0.1, 0.15) is 24.4 Å². The normalized spacial score (nSPS) is 13.8. The maximum Gasteiger partial charge on any atom is 0.349 e. The summed E-state index contributed by atoms with van der Waals surface area (Å²) >= 11 is 1.36. The third-order valence-electron chi connectivity index (χ3n) is 5.73. The van der Waals surface area contributed by atoms with Crippen LogP contribution in [0, 0.1) is 0 Å². The van der Waals surface area contributed by atoms with Gasteiger partial charge in [-0.25, -0.2) is 4.79 Å². The van der Waals surface area contributed by atoms with E-state index < -0.39 is 11.5 Å². The first-order chi connectivity index (χ1) is 16.1. The van der Waals surface area contributed by atoms with Crippen LogP contribution in [0.3, 0.4) is 0 Å². The summed E-state index contributed by atoms with van der Waals surface area (Å²) in [6.45, 7) is 3.57. The Bertz CT molecular complexity index is 1710. The van der Waals surface area contributed by atoms with Gasteiger partial charge in [-0.05, 0) is 29.8 Å². The van der Waals surface area contributed by atoms with E-state index in [0.717, 1.165) is 21.0 Å². The fraction of sp³-hybridized carbons (Fsp3) is 0.160. The van der Waals surface area contributed by atoms with Crippen molar-refractivity contribution < 1.29 is 18.7 Å². The molecule has 0 saturated carbocycles. The van der Waals surface area contributed by atoms with Gasteiger partial charge in [0.25, 0.3) is 5.91 Å². The molecule has 0 unspecified atom stereocenters. The van der Waals surface area contributed by atoms with Crippen LogP contribution in [0.15, 0.2) is 68.8 Å². The van der Waals surface area contributed by atoms with E-state index in [4.69, 9.17) is 13.9 Å².